The molecular weight excluding hydrogens is 238 g/mol. The van der Waals surface area contributed by atoms with Gasteiger partial charge in [0.15, 0.2) is 0 Å². The van der Waals surface area contributed by atoms with E-state index in [-0.39, 0.29) is 0 Å². The third kappa shape index (κ3) is 2.27. The summed E-state index contributed by atoms with van der Waals surface area (Å²) in [6.07, 6.45) is 1.75. The number of nitriles is 1. The summed E-state index contributed by atoms with van der Waals surface area (Å²) < 4.78 is 5.38. The number of ether oxygens (including phenoxy) is 1. The number of aromatic amines is 1. The molecule has 0 aliphatic rings. The molecule has 2 aromatic rings. The number of hydrogen-bond donors (Lipinski definition) is 2. The van der Waals surface area contributed by atoms with Crippen LogP contribution in [0.3, 0.4) is 0 Å². The fraction of sp³-hybridized carbons (Fsp3) is 0.267. The smallest absolute Gasteiger partial charge is 0.126 e. The Morgan fingerprint density at radius 1 is 1.32 bits per heavy atom. The Bertz CT molecular complexity index is 635. The average Bonchev–Trinajstić information content (AvgIpc) is 2.78. The Morgan fingerprint density at radius 3 is 2.63 bits per heavy atom. The highest BCUT2D eigenvalue weighted by Gasteiger charge is 2.15. The Balaban J connectivity index is 2.66. The third-order valence-electron chi connectivity index (χ3n) is 3.20. The summed E-state index contributed by atoms with van der Waals surface area (Å²) in [6.45, 7) is 4.25. The number of nitrogen functional groups attached to an aromatic ring is 1. The Labute approximate surface area is 112 Å². The lowest BCUT2D eigenvalue weighted by molar-refractivity contribution is 0.416. The summed E-state index contributed by atoms with van der Waals surface area (Å²) in [5, 5.41) is 9.20. The molecule has 0 saturated heterocycles. The van der Waals surface area contributed by atoms with Gasteiger partial charge >= 0.3 is 0 Å². The highest BCUT2D eigenvalue weighted by atomic mass is 16.5. The first kappa shape index (κ1) is 13.0. The van der Waals surface area contributed by atoms with Gasteiger partial charge in [-0.05, 0) is 23.6 Å². The van der Waals surface area contributed by atoms with Crippen LogP contribution in [0.5, 0.6) is 5.75 Å². The number of aromatic nitrogens is 1. The van der Waals surface area contributed by atoms with E-state index in [1.807, 2.05) is 18.2 Å². The number of nitrogens with two attached hydrogens (primary N) is 1. The SMILES string of the molecule is COc1ccc(C(C)C)cc1-c1c[nH]c(N)c1C#N. The van der Waals surface area contributed by atoms with E-state index in [1.165, 1.54) is 5.56 Å². The quantitative estimate of drug-likeness (QED) is 0.883. The number of H-pyrrole nitrogens is 1. The van der Waals surface area contributed by atoms with Crippen LogP contribution in [-0.2, 0) is 0 Å². The maximum absolute atomic E-state index is 9.20. The molecule has 0 unspecified atom stereocenters. The van der Waals surface area contributed by atoms with Crippen LogP contribution in [0.1, 0.15) is 30.9 Å². The molecule has 1 heterocycles. The van der Waals surface area contributed by atoms with E-state index in [9.17, 15) is 5.26 Å². The topological polar surface area (TPSA) is 74.8 Å². The molecule has 0 atom stereocenters. The zero-order valence-corrected chi connectivity index (χ0v) is 11.3. The fourth-order valence-electron chi connectivity index (χ4n) is 2.07. The zero-order valence-electron chi connectivity index (χ0n) is 11.3. The van der Waals surface area contributed by atoms with Gasteiger partial charge in [-0.1, -0.05) is 19.9 Å². The minimum absolute atomic E-state index is 0.384. The highest BCUT2D eigenvalue weighted by molar-refractivity contribution is 5.80. The number of nitrogens with zero attached hydrogens (tertiary/aromatic N) is 1. The van der Waals surface area contributed by atoms with Gasteiger partial charge in [-0.15, -0.1) is 0 Å². The number of methoxy groups -OCH3 is 1. The highest BCUT2D eigenvalue weighted by Crippen LogP contribution is 2.36. The van der Waals surface area contributed by atoms with E-state index >= 15 is 0 Å². The van der Waals surface area contributed by atoms with Crippen molar-refractivity contribution in [2.45, 2.75) is 19.8 Å². The molecule has 4 heteroatoms. The van der Waals surface area contributed by atoms with E-state index in [1.54, 1.807) is 13.3 Å². The monoisotopic (exact) mass is 255 g/mol. The third-order valence-corrected chi connectivity index (χ3v) is 3.20. The number of anilines is 1. The fourth-order valence-corrected chi connectivity index (χ4v) is 2.07. The molecule has 0 bridgehead atoms. The molecule has 0 radical (unpaired) electrons. The van der Waals surface area contributed by atoms with Gasteiger partial charge in [-0.3, -0.25) is 0 Å². The average molecular weight is 255 g/mol. The van der Waals surface area contributed by atoms with Crippen molar-refractivity contribution in [3.05, 3.63) is 35.5 Å². The van der Waals surface area contributed by atoms with E-state index < -0.39 is 0 Å². The van der Waals surface area contributed by atoms with Crippen molar-refractivity contribution in [3.8, 4) is 22.9 Å². The van der Waals surface area contributed by atoms with Crippen LogP contribution >= 0.6 is 0 Å². The standard InChI is InChI=1S/C15H17N3O/c1-9(2)10-4-5-14(19-3)11(6-10)13-8-18-15(17)12(13)7-16/h4-6,8-9,18H,17H2,1-3H3. The van der Waals surface area contributed by atoms with Crippen LogP contribution in [-0.4, -0.2) is 12.1 Å². The molecule has 0 amide bonds. The van der Waals surface area contributed by atoms with Crippen molar-refractivity contribution in [2.24, 2.45) is 0 Å². The normalized spacial score (nSPS) is 10.5. The van der Waals surface area contributed by atoms with Crippen molar-refractivity contribution in [1.82, 2.24) is 4.98 Å². The van der Waals surface area contributed by atoms with Crippen molar-refractivity contribution in [2.75, 3.05) is 12.8 Å². The molecule has 4 nitrogen and oxygen atoms in total. The molecular formula is C15H17N3O. The summed E-state index contributed by atoms with van der Waals surface area (Å²) in [5.41, 5.74) is 9.08. The van der Waals surface area contributed by atoms with E-state index in [0.717, 1.165) is 16.9 Å². The van der Waals surface area contributed by atoms with Gasteiger partial charge in [-0.2, -0.15) is 5.26 Å². The van der Waals surface area contributed by atoms with Crippen molar-refractivity contribution in [3.63, 3.8) is 0 Å². The molecule has 0 saturated carbocycles. The second-order valence-corrected chi connectivity index (χ2v) is 4.72. The van der Waals surface area contributed by atoms with Gasteiger partial charge in [-0.25, -0.2) is 0 Å². The molecule has 1 aromatic carbocycles. The van der Waals surface area contributed by atoms with Crippen molar-refractivity contribution in [1.29, 1.82) is 5.26 Å². The van der Waals surface area contributed by atoms with Gasteiger partial charge in [0.1, 0.15) is 23.2 Å². The van der Waals surface area contributed by atoms with Crippen LogP contribution in [0.4, 0.5) is 5.82 Å². The summed E-state index contributed by atoms with van der Waals surface area (Å²) in [5.74, 6) is 1.53. The molecule has 0 fully saturated rings. The summed E-state index contributed by atoms with van der Waals surface area (Å²) in [6, 6.07) is 8.14. The van der Waals surface area contributed by atoms with Gasteiger partial charge < -0.3 is 15.5 Å². The lowest BCUT2D eigenvalue weighted by Gasteiger charge is -2.12. The number of benzene rings is 1. The van der Waals surface area contributed by atoms with Crippen molar-refractivity contribution >= 4 is 5.82 Å². The van der Waals surface area contributed by atoms with Gasteiger partial charge in [0.05, 0.1) is 7.11 Å². The summed E-state index contributed by atoms with van der Waals surface area (Å²) in [7, 11) is 1.62. The first-order valence-corrected chi connectivity index (χ1v) is 6.13. The number of hydrogen-bond acceptors (Lipinski definition) is 3. The molecule has 3 N–H and O–H groups in total. The summed E-state index contributed by atoms with van der Waals surface area (Å²) in [4.78, 5) is 2.89. The van der Waals surface area contributed by atoms with Gasteiger partial charge in [0.2, 0.25) is 0 Å². The van der Waals surface area contributed by atoms with E-state index in [0.29, 0.717) is 17.3 Å². The predicted octanol–water partition coefficient (Wildman–Crippen LogP) is 3.27. The second-order valence-electron chi connectivity index (χ2n) is 4.72. The molecule has 0 aliphatic heterocycles. The van der Waals surface area contributed by atoms with Gasteiger partial charge in [0, 0.05) is 17.3 Å². The van der Waals surface area contributed by atoms with Crippen LogP contribution in [0.25, 0.3) is 11.1 Å². The summed E-state index contributed by atoms with van der Waals surface area (Å²) >= 11 is 0. The minimum Gasteiger partial charge on any atom is -0.496 e. The Kier molecular flexibility index (Phi) is 3.48. The minimum atomic E-state index is 0.384. The molecule has 19 heavy (non-hydrogen) atoms. The lowest BCUT2D eigenvalue weighted by atomic mass is 9.96. The first-order chi connectivity index (χ1) is 9.08. The second kappa shape index (κ2) is 5.07. The molecule has 2 rings (SSSR count). The molecule has 0 spiro atoms. The van der Waals surface area contributed by atoms with Crippen molar-refractivity contribution < 1.29 is 4.74 Å². The number of nitrogens with one attached hydrogen (secondary N) is 1. The van der Waals surface area contributed by atoms with Gasteiger partial charge in [0.25, 0.3) is 0 Å². The van der Waals surface area contributed by atoms with E-state index in [2.05, 4.69) is 24.9 Å². The predicted molar refractivity (Wildman–Crippen MR) is 76.0 cm³/mol. The maximum Gasteiger partial charge on any atom is 0.126 e. The molecule has 0 aliphatic carbocycles. The van der Waals surface area contributed by atoms with E-state index in [4.69, 9.17) is 10.5 Å². The zero-order chi connectivity index (χ0) is 14.0. The maximum atomic E-state index is 9.20. The Hall–Kier alpha value is -2.41. The molecule has 98 valence electrons. The van der Waals surface area contributed by atoms with Crippen LogP contribution in [0.15, 0.2) is 24.4 Å². The van der Waals surface area contributed by atoms with Crippen LogP contribution < -0.4 is 10.5 Å². The molecule has 1 aromatic heterocycles. The number of rotatable bonds is 3. The lowest BCUT2D eigenvalue weighted by Crippen LogP contribution is -1.94. The van der Waals surface area contributed by atoms with Crippen LogP contribution in [0, 0.1) is 11.3 Å². The largest absolute Gasteiger partial charge is 0.496 e. The van der Waals surface area contributed by atoms with Crippen LogP contribution in [0.2, 0.25) is 0 Å². The first-order valence-electron chi connectivity index (χ1n) is 6.13. The Morgan fingerprint density at radius 2 is 2.05 bits per heavy atom.